The lowest BCUT2D eigenvalue weighted by Crippen LogP contribution is -2.35. The summed E-state index contributed by atoms with van der Waals surface area (Å²) in [6.45, 7) is 0. The van der Waals surface area contributed by atoms with E-state index in [1.54, 1.807) is 17.5 Å². The third-order valence-corrected chi connectivity index (χ3v) is 6.49. The Bertz CT molecular complexity index is 1180. The van der Waals surface area contributed by atoms with Gasteiger partial charge in [0, 0.05) is 24.0 Å². The molecule has 0 saturated heterocycles. The maximum atomic E-state index is 13.8. The third kappa shape index (κ3) is 4.80. The van der Waals surface area contributed by atoms with Gasteiger partial charge in [-0.05, 0) is 35.7 Å². The van der Waals surface area contributed by atoms with Crippen LogP contribution in [-0.2, 0) is 0 Å². The van der Waals surface area contributed by atoms with Gasteiger partial charge in [0.15, 0.2) is 11.7 Å². The Balaban J connectivity index is 1.64. The van der Waals surface area contributed by atoms with E-state index in [-0.39, 0.29) is 22.9 Å². The SMILES string of the molecule is CN(C(=O)c1nn2c(c1Cl)N[C@H](c1cccs1)C[C@@H]2C(F)(F)F)c1ccc(OC(F)(F)F)cc1. The van der Waals surface area contributed by atoms with Crippen LogP contribution in [0.15, 0.2) is 41.8 Å². The molecule has 1 N–H and O–H groups in total. The van der Waals surface area contributed by atoms with Gasteiger partial charge in [-0.25, -0.2) is 4.68 Å². The fraction of sp³-hybridized carbons (Fsp3) is 0.300. The van der Waals surface area contributed by atoms with Crippen LogP contribution < -0.4 is 15.0 Å². The first-order chi connectivity index (χ1) is 15.8. The summed E-state index contributed by atoms with van der Waals surface area (Å²) in [6.07, 6.45) is -9.88. The van der Waals surface area contributed by atoms with Gasteiger partial charge >= 0.3 is 12.5 Å². The highest BCUT2D eigenvalue weighted by Crippen LogP contribution is 2.47. The first kappa shape index (κ1) is 24.2. The average molecular weight is 525 g/mol. The summed E-state index contributed by atoms with van der Waals surface area (Å²) in [7, 11) is 1.29. The Labute approximate surface area is 197 Å². The predicted octanol–water partition coefficient (Wildman–Crippen LogP) is 6.43. The molecule has 0 radical (unpaired) electrons. The van der Waals surface area contributed by atoms with Crippen molar-refractivity contribution < 1.29 is 35.9 Å². The molecule has 1 aliphatic heterocycles. The zero-order valence-corrected chi connectivity index (χ0v) is 18.7. The molecule has 6 nitrogen and oxygen atoms in total. The molecule has 0 unspecified atom stereocenters. The first-order valence-electron chi connectivity index (χ1n) is 9.63. The molecule has 1 aromatic carbocycles. The topological polar surface area (TPSA) is 59.4 Å². The number of fused-ring (bicyclic) bond motifs is 1. The van der Waals surface area contributed by atoms with Crippen molar-refractivity contribution in [3.8, 4) is 5.75 Å². The van der Waals surface area contributed by atoms with Crippen LogP contribution in [0.5, 0.6) is 5.75 Å². The Morgan fingerprint density at radius 3 is 2.44 bits per heavy atom. The van der Waals surface area contributed by atoms with Gasteiger partial charge in [-0.1, -0.05) is 17.7 Å². The number of carbonyl (C=O) groups excluding carboxylic acids is 1. The molecule has 0 saturated carbocycles. The van der Waals surface area contributed by atoms with E-state index in [9.17, 15) is 31.1 Å². The number of halogens is 7. The van der Waals surface area contributed by atoms with Gasteiger partial charge < -0.3 is 15.0 Å². The van der Waals surface area contributed by atoms with Crippen LogP contribution >= 0.6 is 22.9 Å². The molecular formula is C20H15ClF6N4O2S. The summed E-state index contributed by atoms with van der Waals surface area (Å²) in [6, 6.07) is 5.08. The summed E-state index contributed by atoms with van der Waals surface area (Å²) >= 11 is 7.59. The van der Waals surface area contributed by atoms with Gasteiger partial charge in [0.05, 0.1) is 6.04 Å². The summed E-state index contributed by atoms with van der Waals surface area (Å²) in [5.74, 6) is -1.48. The molecule has 0 spiro atoms. The molecule has 0 bridgehead atoms. The van der Waals surface area contributed by atoms with Gasteiger partial charge in [0.25, 0.3) is 5.91 Å². The highest BCUT2D eigenvalue weighted by Gasteiger charge is 2.48. The van der Waals surface area contributed by atoms with Crippen LogP contribution in [-0.4, -0.2) is 35.3 Å². The van der Waals surface area contributed by atoms with E-state index < -0.39 is 42.0 Å². The Morgan fingerprint density at radius 1 is 1.21 bits per heavy atom. The lowest BCUT2D eigenvalue weighted by Gasteiger charge is -2.32. The average Bonchev–Trinajstić information content (AvgIpc) is 3.39. The molecule has 1 amide bonds. The van der Waals surface area contributed by atoms with Crippen LogP contribution in [0.25, 0.3) is 0 Å². The fourth-order valence-corrected chi connectivity index (χ4v) is 4.60. The van der Waals surface area contributed by atoms with E-state index in [0.29, 0.717) is 9.56 Å². The number of carbonyl (C=O) groups is 1. The number of alkyl halides is 6. The van der Waals surface area contributed by atoms with Crippen molar-refractivity contribution >= 4 is 40.4 Å². The number of anilines is 2. The van der Waals surface area contributed by atoms with Crippen molar-refractivity contribution in [1.82, 2.24) is 9.78 Å². The molecule has 3 heterocycles. The molecule has 1 aliphatic rings. The van der Waals surface area contributed by atoms with Crippen molar-refractivity contribution in [2.24, 2.45) is 0 Å². The van der Waals surface area contributed by atoms with Crippen molar-refractivity contribution in [1.29, 1.82) is 0 Å². The number of hydrogen-bond donors (Lipinski definition) is 1. The minimum atomic E-state index is -4.88. The highest BCUT2D eigenvalue weighted by molar-refractivity contribution is 7.10. The summed E-state index contributed by atoms with van der Waals surface area (Å²) in [5, 5.41) is 8.26. The molecule has 14 heteroatoms. The number of ether oxygens (including phenoxy) is 1. The number of amides is 1. The van der Waals surface area contributed by atoms with E-state index in [2.05, 4.69) is 15.2 Å². The number of thiophene rings is 1. The minimum Gasteiger partial charge on any atom is -0.406 e. The van der Waals surface area contributed by atoms with E-state index in [0.717, 1.165) is 17.0 Å². The Hall–Kier alpha value is -2.93. The van der Waals surface area contributed by atoms with Gasteiger partial charge in [0.1, 0.15) is 16.6 Å². The van der Waals surface area contributed by atoms with Crippen LogP contribution in [0.3, 0.4) is 0 Å². The Kier molecular flexibility index (Phi) is 6.19. The van der Waals surface area contributed by atoms with E-state index >= 15 is 0 Å². The zero-order valence-electron chi connectivity index (χ0n) is 17.1. The van der Waals surface area contributed by atoms with Crippen LogP contribution in [0.2, 0.25) is 5.02 Å². The Morgan fingerprint density at radius 2 is 1.88 bits per heavy atom. The smallest absolute Gasteiger partial charge is 0.406 e. The zero-order chi connectivity index (χ0) is 24.8. The number of benzene rings is 1. The molecule has 0 fully saturated rings. The predicted molar refractivity (Wildman–Crippen MR) is 113 cm³/mol. The van der Waals surface area contributed by atoms with Gasteiger partial charge in [0.2, 0.25) is 0 Å². The van der Waals surface area contributed by atoms with Gasteiger partial charge in [-0.2, -0.15) is 18.3 Å². The monoisotopic (exact) mass is 524 g/mol. The second kappa shape index (κ2) is 8.69. The standard InChI is InChI=1S/C20H15ClF6N4O2S/c1-30(10-4-6-11(7-5-10)33-20(25,26)27)18(32)16-15(21)17-28-12(13-3-2-8-34-13)9-14(19(22,23)24)31(17)29-16/h2-8,12,14,28H,9H2,1H3/t12-,14+/m0/s1. The molecule has 2 aromatic heterocycles. The molecular weight excluding hydrogens is 510 g/mol. The number of aromatic nitrogens is 2. The lowest BCUT2D eigenvalue weighted by atomic mass is 10.0. The first-order valence-corrected chi connectivity index (χ1v) is 10.9. The maximum absolute atomic E-state index is 13.8. The molecule has 3 aromatic rings. The fourth-order valence-electron chi connectivity index (χ4n) is 3.55. The van der Waals surface area contributed by atoms with Gasteiger partial charge in [-0.3, -0.25) is 4.79 Å². The molecule has 182 valence electrons. The summed E-state index contributed by atoms with van der Waals surface area (Å²) < 4.78 is 83.0. The lowest BCUT2D eigenvalue weighted by molar-refractivity contribution is -0.274. The number of hydrogen-bond acceptors (Lipinski definition) is 5. The third-order valence-electron chi connectivity index (χ3n) is 5.15. The molecule has 34 heavy (non-hydrogen) atoms. The van der Waals surface area contributed by atoms with Gasteiger partial charge in [-0.15, -0.1) is 24.5 Å². The second-order valence-corrected chi connectivity index (χ2v) is 8.72. The van der Waals surface area contributed by atoms with Crippen LogP contribution in [0, 0.1) is 0 Å². The maximum Gasteiger partial charge on any atom is 0.573 e. The summed E-state index contributed by atoms with van der Waals surface area (Å²) in [4.78, 5) is 14.7. The minimum absolute atomic E-state index is 0.140. The van der Waals surface area contributed by atoms with Crippen molar-refractivity contribution in [3.05, 3.63) is 57.4 Å². The van der Waals surface area contributed by atoms with Crippen molar-refractivity contribution in [3.63, 3.8) is 0 Å². The van der Waals surface area contributed by atoms with Crippen LogP contribution in [0.1, 0.15) is 33.9 Å². The number of nitrogens with zero attached hydrogens (tertiary/aromatic N) is 3. The normalized spacial score (nSPS) is 18.2. The molecule has 2 atom stereocenters. The summed E-state index contributed by atoms with van der Waals surface area (Å²) in [5.41, 5.74) is -0.276. The number of rotatable bonds is 4. The van der Waals surface area contributed by atoms with E-state index in [1.165, 1.54) is 30.5 Å². The highest BCUT2D eigenvalue weighted by atomic mass is 35.5. The van der Waals surface area contributed by atoms with Crippen LogP contribution in [0.4, 0.5) is 37.8 Å². The largest absolute Gasteiger partial charge is 0.573 e. The number of nitrogens with one attached hydrogen (secondary N) is 1. The quantitative estimate of drug-likeness (QED) is 0.399. The van der Waals surface area contributed by atoms with E-state index in [1.807, 2.05) is 0 Å². The second-order valence-electron chi connectivity index (χ2n) is 7.37. The molecule has 0 aliphatic carbocycles. The van der Waals surface area contributed by atoms with Crippen molar-refractivity contribution in [2.75, 3.05) is 17.3 Å². The van der Waals surface area contributed by atoms with E-state index in [4.69, 9.17) is 11.6 Å². The van der Waals surface area contributed by atoms with Crippen molar-refractivity contribution in [2.45, 2.75) is 31.0 Å². The molecule has 4 rings (SSSR count).